The zero-order valence-corrected chi connectivity index (χ0v) is 20.1. The number of methoxy groups -OCH3 is 4. The predicted octanol–water partition coefficient (Wildman–Crippen LogP) is 4.59. The summed E-state index contributed by atoms with van der Waals surface area (Å²) in [4.78, 5) is 0.0765. The lowest BCUT2D eigenvalue weighted by atomic mass is 10.0. The highest BCUT2D eigenvalue weighted by atomic mass is 32.2. The van der Waals surface area contributed by atoms with Crippen LogP contribution in [0.1, 0.15) is 16.7 Å². The van der Waals surface area contributed by atoms with E-state index < -0.39 is 21.4 Å². The normalized spacial score (nSPS) is 11.4. The van der Waals surface area contributed by atoms with Gasteiger partial charge in [0.15, 0.2) is 32.9 Å². The van der Waals surface area contributed by atoms with Crippen LogP contribution >= 0.6 is 0 Å². The van der Waals surface area contributed by atoms with Crippen LogP contribution in [0.5, 0.6) is 23.0 Å². The van der Waals surface area contributed by atoms with Gasteiger partial charge in [0.25, 0.3) is 0 Å². The molecule has 0 saturated carbocycles. The molecule has 0 radical (unpaired) electrons. The van der Waals surface area contributed by atoms with Crippen molar-refractivity contribution in [1.82, 2.24) is 0 Å². The number of rotatable bonds is 9. The second-order valence-electron chi connectivity index (χ2n) is 7.27. The largest absolute Gasteiger partial charge is 0.493 e. The van der Waals surface area contributed by atoms with E-state index in [4.69, 9.17) is 24.7 Å². The van der Waals surface area contributed by atoms with Gasteiger partial charge in [-0.2, -0.15) is 0 Å². The van der Waals surface area contributed by atoms with Gasteiger partial charge in [0, 0.05) is 11.3 Å². The summed E-state index contributed by atoms with van der Waals surface area (Å²) >= 11 is 0. The minimum absolute atomic E-state index is 0.0765. The number of anilines is 1. The molecule has 0 aliphatic carbocycles. The first-order chi connectivity index (χ1) is 16.2. The molecule has 3 aromatic rings. The highest BCUT2D eigenvalue weighted by Gasteiger charge is 2.22. The third kappa shape index (κ3) is 5.26. The average Bonchev–Trinajstić information content (AvgIpc) is 2.83. The van der Waals surface area contributed by atoms with Gasteiger partial charge in [-0.25, -0.2) is 12.8 Å². The molecule has 9 heteroatoms. The maximum Gasteiger partial charge on any atom is 0.203 e. The van der Waals surface area contributed by atoms with Crippen LogP contribution in [0.4, 0.5) is 10.1 Å². The molecule has 2 N–H and O–H groups in total. The Morgan fingerprint density at radius 2 is 1.41 bits per heavy atom. The van der Waals surface area contributed by atoms with Crippen molar-refractivity contribution in [2.75, 3.05) is 34.2 Å². The van der Waals surface area contributed by atoms with Gasteiger partial charge in [-0.15, -0.1) is 0 Å². The van der Waals surface area contributed by atoms with Crippen LogP contribution in [-0.2, 0) is 15.6 Å². The molecule has 7 nitrogen and oxygen atoms in total. The first-order valence-corrected chi connectivity index (χ1v) is 11.8. The second kappa shape index (κ2) is 10.5. The van der Waals surface area contributed by atoms with Crippen LogP contribution in [0.2, 0.25) is 0 Å². The summed E-state index contributed by atoms with van der Waals surface area (Å²) in [6.45, 7) is 0. The summed E-state index contributed by atoms with van der Waals surface area (Å²) < 4.78 is 61.9. The van der Waals surface area contributed by atoms with Crippen molar-refractivity contribution >= 4 is 27.7 Å². The summed E-state index contributed by atoms with van der Waals surface area (Å²) in [7, 11) is 2.02. The molecular formula is C25H26FNO6S. The van der Waals surface area contributed by atoms with Crippen molar-refractivity contribution in [2.45, 2.75) is 10.6 Å². The van der Waals surface area contributed by atoms with Crippen LogP contribution in [0.3, 0.4) is 0 Å². The molecule has 0 saturated heterocycles. The van der Waals surface area contributed by atoms with E-state index in [1.165, 1.54) is 64.8 Å². The molecule has 0 bridgehead atoms. The molecule has 3 rings (SSSR count). The molecule has 0 fully saturated rings. The zero-order chi connectivity index (χ0) is 24.9. The maximum atomic E-state index is 14.5. The van der Waals surface area contributed by atoms with Crippen molar-refractivity contribution in [3.63, 3.8) is 0 Å². The first-order valence-electron chi connectivity index (χ1n) is 10.2. The number of halogens is 1. The van der Waals surface area contributed by atoms with Crippen LogP contribution < -0.4 is 24.7 Å². The lowest BCUT2D eigenvalue weighted by molar-refractivity contribution is 0.324. The van der Waals surface area contributed by atoms with Crippen molar-refractivity contribution < 1.29 is 31.8 Å². The van der Waals surface area contributed by atoms with Crippen LogP contribution in [0.15, 0.2) is 53.4 Å². The van der Waals surface area contributed by atoms with E-state index in [1.54, 1.807) is 24.3 Å². The Kier molecular flexibility index (Phi) is 7.68. The van der Waals surface area contributed by atoms with E-state index in [-0.39, 0.29) is 16.2 Å². The van der Waals surface area contributed by atoms with E-state index in [9.17, 15) is 12.8 Å². The summed E-state index contributed by atoms with van der Waals surface area (Å²) in [6.07, 6.45) is 3.41. The number of benzene rings is 3. The zero-order valence-electron chi connectivity index (χ0n) is 19.3. The molecule has 0 amide bonds. The Bertz CT molecular complexity index is 1280. The smallest absolute Gasteiger partial charge is 0.203 e. The Morgan fingerprint density at radius 1 is 0.824 bits per heavy atom. The minimum atomic E-state index is -3.81. The highest BCUT2D eigenvalue weighted by Crippen LogP contribution is 2.39. The fourth-order valence-electron chi connectivity index (χ4n) is 3.47. The molecule has 34 heavy (non-hydrogen) atoms. The molecule has 0 heterocycles. The van der Waals surface area contributed by atoms with E-state index in [2.05, 4.69) is 0 Å². The summed E-state index contributed by atoms with van der Waals surface area (Å²) in [6, 6.07) is 12.0. The fourth-order valence-corrected chi connectivity index (χ4v) is 4.87. The molecule has 0 spiro atoms. The number of ether oxygens (including phenoxy) is 4. The van der Waals surface area contributed by atoms with Crippen molar-refractivity contribution in [2.24, 2.45) is 0 Å². The molecule has 0 aliphatic rings. The van der Waals surface area contributed by atoms with Gasteiger partial charge in [0.2, 0.25) is 5.75 Å². The van der Waals surface area contributed by atoms with Gasteiger partial charge in [0.05, 0.1) is 39.1 Å². The van der Waals surface area contributed by atoms with E-state index in [1.807, 2.05) is 0 Å². The van der Waals surface area contributed by atoms with Gasteiger partial charge in [0.1, 0.15) is 0 Å². The Hall–Kier alpha value is -3.72. The first kappa shape index (κ1) is 24.9. The molecule has 0 aromatic heterocycles. The Balaban J connectivity index is 2.07. The molecular weight excluding hydrogens is 461 g/mol. The van der Waals surface area contributed by atoms with Crippen LogP contribution in [0, 0.1) is 5.82 Å². The van der Waals surface area contributed by atoms with E-state index in [0.717, 1.165) is 0 Å². The summed E-state index contributed by atoms with van der Waals surface area (Å²) in [5.74, 6) is 0.114. The van der Waals surface area contributed by atoms with Crippen molar-refractivity contribution in [1.29, 1.82) is 0 Å². The maximum absolute atomic E-state index is 14.5. The molecule has 3 aromatic carbocycles. The van der Waals surface area contributed by atoms with Crippen molar-refractivity contribution in [3.05, 3.63) is 71.0 Å². The Labute approximate surface area is 198 Å². The Morgan fingerprint density at radius 3 is 1.94 bits per heavy atom. The minimum Gasteiger partial charge on any atom is -0.493 e. The quantitative estimate of drug-likeness (QED) is 0.348. The van der Waals surface area contributed by atoms with E-state index in [0.29, 0.717) is 34.1 Å². The molecule has 0 unspecified atom stereocenters. The molecule has 180 valence electrons. The van der Waals surface area contributed by atoms with Gasteiger partial charge in [-0.05, 0) is 53.6 Å². The standard InChI is InChI=1S/C25H26FNO6S/c1-30-22-13-16(14-23(31-2)25(22)33-4)5-6-17-7-12-21(26)24(32-3)20(17)15-34(28,29)19-10-8-18(27)9-11-19/h5-14H,15,27H2,1-4H3/b6-5-. The monoisotopic (exact) mass is 487 g/mol. The molecule has 0 aliphatic heterocycles. The third-order valence-electron chi connectivity index (χ3n) is 5.17. The SMILES string of the molecule is COc1cc(/C=C\c2ccc(F)c(OC)c2CS(=O)(=O)c2ccc(N)cc2)cc(OC)c1OC. The highest BCUT2D eigenvalue weighted by molar-refractivity contribution is 7.90. The van der Waals surface area contributed by atoms with Crippen LogP contribution in [0.25, 0.3) is 12.2 Å². The summed E-state index contributed by atoms with van der Waals surface area (Å²) in [5.41, 5.74) is 7.48. The average molecular weight is 488 g/mol. The van der Waals surface area contributed by atoms with Gasteiger partial charge in [-0.1, -0.05) is 18.2 Å². The number of hydrogen-bond acceptors (Lipinski definition) is 7. The number of nitrogen functional groups attached to an aromatic ring is 1. The molecule has 0 atom stereocenters. The number of hydrogen-bond donors (Lipinski definition) is 1. The second-order valence-corrected chi connectivity index (χ2v) is 9.26. The topological polar surface area (TPSA) is 97.1 Å². The lowest BCUT2D eigenvalue weighted by Gasteiger charge is -2.14. The van der Waals surface area contributed by atoms with Gasteiger partial charge in [-0.3, -0.25) is 0 Å². The van der Waals surface area contributed by atoms with Crippen LogP contribution in [-0.4, -0.2) is 36.9 Å². The van der Waals surface area contributed by atoms with Gasteiger partial charge >= 0.3 is 0 Å². The van der Waals surface area contributed by atoms with Crippen molar-refractivity contribution in [3.8, 4) is 23.0 Å². The lowest BCUT2D eigenvalue weighted by Crippen LogP contribution is -2.09. The van der Waals surface area contributed by atoms with E-state index >= 15 is 0 Å². The number of sulfone groups is 1. The third-order valence-corrected chi connectivity index (χ3v) is 6.83. The predicted molar refractivity (Wildman–Crippen MR) is 130 cm³/mol. The fraction of sp³-hybridized carbons (Fsp3) is 0.200. The van der Waals surface area contributed by atoms with Gasteiger partial charge < -0.3 is 24.7 Å². The summed E-state index contributed by atoms with van der Waals surface area (Å²) in [5, 5.41) is 0. The number of nitrogens with two attached hydrogens (primary N) is 1.